The van der Waals surface area contributed by atoms with Crippen LogP contribution < -0.4 is 5.32 Å². The van der Waals surface area contributed by atoms with E-state index in [9.17, 15) is 4.79 Å². The van der Waals surface area contributed by atoms with Crippen LogP contribution in [0.2, 0.25) is 0 Å². The van der Waals surface area contributed by atoms with Crippen molar-refractivity contribution in [1.82, 2.24) is 20.1 Å². The average molecular weight is 226 g/mol. The highest BCUT2D eigenvalue weighted by Crippen LogP contribution is 1.95. The highest BCUT2D eigenvalue weighted by atomic mass is 16.3. The van der Waals surface area contributed by atoms with Gasteiger partial charge in [-0.3, -0.25) is 9.48 Å². The molecular formula is C10H18N4O2. The average Bonchev–Trinajstić information content (AvgIpc) is 2.70. The fourth-order valence-electron chi connectivity index (χ4n) is 1.36. The summed E-state index contributed by atoms with van der Waals surface area (Å²) in [6, 6.07) is 0.0314. The van der Waals surface area contributed by atoms with Crippen molar-refractivity contribution >= 4 is 5.91 Å². The number of carbonyl (C=O) groups is 1. The number of aliphatic hydroxyl groups excluding tert-OH is 1. The molecule has 1 rings (SSSR count). The van der Waals surface area contributed by atoms with Crippen LogP contribution in [0, 0.1) is 0 Å². The van der Waals surface area contributed by atoms with Gasteiger partial charge in [-0.25, -0.2) is 4.98 Å². The number of nitrogens with one attached hydrogen (secondary N) is 1. The Hall–Kier alpha value is -1.43. The number of carbonyl (C=O) groups excluding carboxylic acids is 1. The molecule has 0 aliphatic carbocycles. The number of nitrogens with zero attached hydrogens (tertiary/aromatic N) is 3. The summed E-state index contributed by atoms with van der Waals surface area (Å²) in [5.74, 6) is 0.0149. The molecule has 1 heterocycles. The molecule has 2 N–H and O–H groups in total. The molecule has 0 bridgehead atoms. The van der Waals surface area contributed by atoms with E-state index in [1.165, 1.54) is 6.33 Å². The Bertz CT molecular complexity index is 300. The quantitative estimate of drug-likeness (QED) is 0.683. The third-order valence-electron chi connectivity index (χ3n) is 2.23. The van der Waals surface area contributed by atoms with Crippen molar-refractivity contribution in [2.24, 2.45) is 0 Å². The van der Waals surface area contributed by atoms with Gasteiger partial charge in [0.15, 0.2) is 0 Å². The van der Waals surface area contributed by atoms with Crippen LogP contribution in [0.3, 0.4) is 0 Å². The van der Waals surface area contributed by atoms with Gasteiger partial charge in [-0.15, -0.1) is 0 Å². The van der Waals surface area contributed by atoms with Gasteiger partial charge >= 0.3 is 0 Å². The first-order valence-corrected chi connectivity index (χ1v) is 5.45. The predicted molar refractivity (Wildman–Crippen MR) is 58.6 cm³/mol. The van der Waals surface area contributed by atoms with E-state index in [2.05, 4.69) is 15.4 Å². The van der Waals surface area contributed by atoms with Gasteiger partial charge in [-0.1, -0.05) is 0 Å². The molecule has 0 saturated heterocycles. The van der Waals surface area contributed by atoms with E-state index in [0.717, 1.165) is 6.42 Å². The minimum Gasteiger partial charge on any atom is -0.396 e. The third kappa shape index (κ3) is 4.88. The first kappa shape index (κ1) is 12.6. The summed E-state index contributed by atoms with van der Waals surface area (Å²) in [6.07, 6.45) is 4.90. The second kappa shape index (κ2) is 6.95. The van der Waals surface area contributed by atoms with E-state index in [-0.39, 0.29) is 18.6 Å². The van der Waals surface area contributed by atoms with Crippen LogP contribution in [-0.4, -0.2) is 38.4 Å². The van der Waals surface area contributed by atoms with Gasteiger partial charge in [0.05, 0.1) is 0 Å². The van der Waals surface area contributed by atoms with E-state index in [0.29, 0.717) is 19.4 Å². The summed E-state index contributed by atoms with van der Waals surface area (Å²) in [6.45, 7) is 2.67. The molecule has 1 atom stereocenters. The number of aromatic nitrogens is 3. The zero-order valence-electron chi connectivity index (χ0n) is 9.46. The predicted octanol–water partition coefficient (Wildman–Crippen LogP) is -0.0546. The highest BCUT2D eigenvalue weighted by molar-refractivity contribution is 5.76. The largest absolute Gasteiger partial charge is 0.396 e. The molecule has 0 saturated carbocycles. The summed E-state index contributed by atoms with van der Waals surface area (Å²) in [7, 11) is 0. The Kier molecular flexibility index (Phi) is 5.49. The molecule has 6 heteroatoms. The van der Waals surface area contributed by atoms with Crippen LogP contribution in [0.15, 0.2) is 12.7 Å². The molecule has 1 amide bonds. The molecule has 1 aromatic rings. The van der Waals surface area contributed by atoms with E-state index >= 15 is 0 Å². The summed E-state index contributed by atoms with van der Waals surface area (Å²) in [5.41, 5.74) is 0. The second-order valence-corrected chi connectivity index (χ2v) is 3.74. The smallest absolute Gasteiger partial charge is 0.220 e. The molecule has 0 spiro atoms. The normalized spacial score (nSPS) is 12.4. The maximum atomic E-state index is 11.4. The van der Waals surface area contributed by atoms with Crippen molar-refractivity contribution < 1.29 is 9.90 Å². The molecule has 1 aromatic heterocycles. The van der Waals surface area contributed by atoms with Crippen molar-refractivity contribution in [3.63, 3.8) is 0 Å². The van der Waals surface area contributed by atoms with Crippen molar-refractivity contribution in [2.45, 2.75) is 38.8 Å². The lowest BCUT2D eigenvalue weighted by Gasteiger charge is -2.11. The van der Waals surface area contributed by atoms with Gasteiger partial charge in [0.2, 0.25) is 5.91 Å². The molecule has 0 aliphatic heterocycles. The standard InChI is InChI=1S/C10H18N4O2/c1-9(4-6-15)13-10(16)3-2-5-14-8-11-7-12-14/h7-9,15H,2-6H2,1H3,(H,13,16). The Morgan fingerprint density at radius 1 is 1.62 bits per heavy atom. The number of amides is 1. The van der Waals surface area contributed by atoms with Crippen LogP contribution in [-0.2, 0) is 11.3 Å². The molecule has 16 heavy (non-hydrogen) atoms. The number of aliphatic hydroxyl groups is 1. The number of hydrogen-bond donors (Lipinski definition) is 2. The van der Waals surface area contributed by atoms with Crippen molar-refractivity contribution in [3.05, 3.63) is 12.7 Å². The van der Waals surface area contributed by atoms with Crippen LogP contribution in [0.25, 0.3) is 0 Å². The molecule has 6 nitrogen and oxygen atoms in total. The van der Waals surface area contributed by atoms with Gasteiger partial charge in [0.25, 0.3) is 0 Å². The molecule has 0 aliphatic rings. The third-order valence-corrected chi connectivity index (χ3v) is 2.23. The minimum atomic E-state index is 0.0149. The zero-order valence-corrected chi connectivity index (χ0v) is 9.46. The van der Waals surface area contributed by atoms with Crippen LogP contribution in [0.4, 0.5) is 0 Å². The first-order chi connectivity index (χ1) is 7.72. The van der Waals surface area contributed by atoms with Gasteiger partial charge in [-0.05, 0) is 19.8 Å². The maximum absolute atomic E-state index is 11.4. The number of hydrogen-bond acceptors (Lipinski definition) is 4. The lowest BCUT2D eigenvalue weighted by Crippen LogP contribution is -2.33. The Morgan fingerprint density at radius 2 is 2.44 bits per heavy atom. The van der Waals surface area contributed by atoms with E-state index in [1.54, 1.807) is 11.0 Å². The van der Waals surface area contributed by atoms with Gasteiger partial charge in [0.1, 0.15) is 12.7 Å². The SMILES string of the molecule is CC(CCO)NC(=O)CCCn1cncn1. The highest BCUT2D eigenvalue weighted by Gasteiger charge is 2.06. The van der Waals surface area contributed by atoms with E-state index in [4.69, 9.17) is 5.11 Å². The van der Waals surface area contributed by atoms with Crippen molar-refractivity contribution in [2.75, 3.05) is 6.61 Å². The van der Waals surface area contributed by atoms with Crippen molar-refractivity contribution in [1.29, 1.82) is 0 Å². The summed E-state index contributed by atoms with van der Waals surface area (Å²) in [4.78, 5) is 15.2. The lowest BCUT2D eigenvalue weighted by molar-refractivity contribution is -0.121. The Balaban J connectivity index is 2.10. The fourth-order valence-corrected chi connectivity index (χ4v) is 1.36. The van der Waals surface area contributed by atoms with Gasteiger partial charge < -0.3 is 10.4 Å². The maximum Gasteiger partial charge on any atom is 0.220 e. The van der Waals surface area contributed by atoms with Crippen LogP contribution in [0.5, 0.6) is 0 Å². The monoisotopic (exact) mass is 226 g/mol. The summed E-state index contributed by atoms with van der Waals surface area (Å²) >= 11 is 0. The Labute approximate surface area is 94.7 Å². The lowest BCUT2D eigenvalue weighted by atomic mass is 10.2. The second-order valence-electron chi connectivity index (χ2n) is 3.74. The van der Waals surface area contributed by atoms with E-state index in [1.807, 2.05) is 6.92 Å². The molecule has 90 valence electrons. The molecule has 0 fully saturated rings. The van der Waals surface area contributed by atoms with Crippen molar-refractivity contribution in [3.8, 4) is 0 Å². The fraction of sp³-hybridized carbons (Fsp3) is 0.700. The topological polar surface area (TPSA) is 80.0 Å². The molecule has 1 unspecified atom stereocenters. The number of aryl methyl sites for hydroxylation is 1. The first-order valence-electron chi connectivity index (χ1n) is 5.45. The summed E-state index contributed by atoms with van der Waals surface area (Å²) < 4.78 is 1.70. The minimum absolute atomic E-state index is 0.0149. The van der Waals surface area contributed by atoms with Crippen LogP contribution >= 0.6 is 0 Å². The van der Waals surface area contributed by atoms with E-state index < -0.39 is 0 Å². The molecule has 0 aromatic carbocycles. The van der Waals surface area contributed by atoms with Crippen LogP contribution in [0.1, 0.15) is 26.2 Å². The molecular weight excluding hydrogens is 208 g/mol. The Morgan fingerprint density at radius 3 is 3.06 bits per heavy atom. The summed E-state index contributed by atoms with van der Waals surface area (Å²) in [5, 5.41) is 15.4. The van der Waals surface area contributed by atoms with Gasteiger partial charge in [-0.2, -0.15) is 5.10 Å². The number of rotatable bonds is 7. The van der Waals surface area contributed by atoms with Gasteiger partial charge in [0, 0.05) is 25.6 Å². The molecule has 0 radical (unpaired) electrons. The zero-order chi connectivity index (χ0) is 11.8.